The van der Waals surface area contributed by atoms with Gasteiger partial charge in [-0.25, -0.2) is 4.98 Å². The first-order chi connectivity index (χ1) is 9.28. The number of pyridine rings is 1. The highest BCUT2D eigenvalue weighted by atomic mass is 35.5. The van der Waals surface area contributed by atoms with E-state index in [0.717, 1.165) is 34.1 Å². The number of methoxy groups -OCH3 is 1. The Morgan fingerprint density at radius 2 is 2.16 bits per heavy atom. The molecule has 0 aliphatic rings. The average molecular weight is 273 g/mol. The molecule has 0 N–H and O–H groups in total. The van der Waals surface area contributed by atoms with E-state index in [-0.39, 0.29) is 0 Å². The lowest BCUT2D eigenvalue weighted by Crippen LogP contribution is -1.97. The van der Waals surface area contributed by atoms with Gasteiger partial charge in [-0.1, -0.05) is 23.7 Å². The highest BCUT2D eigenvalue weighted by Gasteiger charge is 2.08. The quantitative estimate of drug-likeness (QED) is 0.728. The third kappa shape index (κ3) is 2.29. The normalized spacial score (nSPS) is 10.8. The summed E-state index contributed by atoms with van der Waals surface area (Å²) in [5.41, 5.74) is 2.12. The van der Waals surface area contributed by atoms with Crippen molar-refractivity contribution < 1.29 is 4.74 Å². The monoisotopic (exact) mass is 272 g/mol. The average Bonchev–Trinajstić information content (AvgIpc) is 2.82. The van der Waals surface area contributed by atoms with Crippen molar-refractivity contribution in [3.8, 4) is 5.75 Å². The summed E-state index contributed by atoms with van der Waals surface area (Å²) in [5.74, 6) is 1.79. The fraction of sp³-hybridized carbons (Fsp3) is 0.133. The zero-order valence-corrected chi connectivity index (χ0v) is 11.3. The molecule has 3 nitrogen and oxygen atoms in total. The maximum atomic E-state index is 6.00. The largest absolute Gasteiger partial charge is 0.494 e. The predicted molar refractivity (Wildman–Crippen MR) is 76.0 cm³/mol. The highest BCUT2D eigenvalue weighted by molar-refractivity contribution is 6.30. The van der Waals surface area contributed by atoms with E-state index in [1.165, 1.54) is 0 Å². The molecule has 3 aromatic rings. The zero-order chi connectivity index (χ0) is 13.2. The van der Waals surface area contributed by atoms with Crippen molar-refractivity contribution in [3.05, 3.63) is 65.2 Å². The van der Waals surface area contributed by atoms with Crippen molar-refractivity contribution in [2.24, 2.45) is 0 Å². The molecule has 0 saturated carbocycles. The van der Waals surface area contributed by atoms with Gasteiger partial charge in [-0.3, -0.25) is 0 Å². The van der Waals surface area contributed by atoms with Gasteiger partial charge >= 0.3 is 0 Å². The molecule has 3 rings (SSSR count). The summed E-state index contributed by atoms with van der Waals surface area (Å²) in [7, 11) is 1.67. The number of imidazole rings is 1. The van der Waals surface area contributed by atoms with Gasteiger partial charge in [0.25, 0.3) is 0 Å². The maximum absolute atomic E-state index is 6.00. The number of benzene rings is 1. The molecule has 0 saturated heterocycles. The Balaban J connectivity index is 2.02. The molecule has 2 heterocycles. The van der Waals surface area contributed by atoms with Crippen molar-refractivity contribution in [3.63, 3.8) is 0 Å². The standard InChI is InChI=1S/C15H13ClN2O/c1-19-14-6-3-7-18-13(14)10-17-15(18)9-11-4-2-5-12(16)8-11/h2-8,10H,9H2,1H3. The van der Waals surface area contributed by atoms with Gasteiger partial charge in [0.1, 0.15) is 17.1 Å². The third-order valence-corrected chi connectivity index (χ3v) is 3.31. The summed E-state index contributed by atoms with van der Waals surface area (Å²) in [4.78, 5) is 4.47. The summed E-state index contributed by atoms with van der Waals surface area (Å²) < 4.78 is 7.37. The van der Waals surface area contributed by atoms with Crippen LogP contribution in [0.15, 0.2) is 48.8 Å². The lowest BCUT2D eigenvalue weighted by atomic mass is 10.1. The maximum Gasteiger partial charge on any atom is 0.144 e. The van der Waals surface area contributed by atoms with E-state index >= 15 is 0 Å². The van der Waals surface area contributed by atoms with Crippen LogP contribution >= 0.6 is 11.6 Å². The van der Waals surface area contributed by atoms with Gasteiger partial charge < -0.3 is 9.14 Å². The van der Waals surface area contributed by atoms with Gasteiger partial charge in [-0.15, -0.1) is 0 Å². The van der Waals surface area contributed by atoms with E-state index in [4.69, 9.17) is 16.3 Å². The second-order valence-corrected chi connectivity index (χ2v) is 4.75. The number of aromatic nitrogens is 2. The van der Waals surface area contributed by atoms with Crippen molar-refractivity contribution in [2.75, 3.05) is 7.11 Å². The number of ether oxygens (including phenoxy) is 1. The molecule has 0 aliphatic heterocycles. The summed E-state index contributed by atoms with van der Waals surface area (Å²) in [6.07, 6.45) is 4.56. The Morgan fingerprint density at radius 3 is 2.95 bits per heavy atom. The van der Waals surface area contributed by atoms with Crippen LogP contribution in [0, 0.1) is 0 Å². The van der Waals surface area contributed by atoms with E-state index in [2.05, 4.69) is 4.98 Å². The first-order valence-electron chi connectivity index (χ1n) is 6.01. The molecule has 0 radical (unpaired) electrons. The number of fused-ring (bicyclic) bond motifs is 1. The molecule has 96 valence electrons. The van der Waals surface area contributed by atoms with Crippen molar-refractivity contribution in [1.29, 1.82) is 0 Å². The molecule has 1 aromatic carbocycles. The molecule has 0 aliphatic carbocycles. The SMILES string of the molecule is COc1cccn2c(Cc3cccc(Cl)c3)ncc12. The van der Waals surface area contributed by atoms with E-state index in [1.54, 1.807) is 7.11 Å². The Bertz CT molecular complexity index is 721. The third-order valence-electron chi connectivity index (χ3n) is 3.08. The van der Waals surface area contributed by atoms with Crippen molar-refractivity contribution >= 4 is 17.1 Å². The van der Waals surface area contributed by atoms with Crippen molar-refractivity contribution in [1.82, 2.24) is 9.38 Å². The molecule has 0 atom stereocenters. The summed E-state index contributed by atoms with van der Waals surface area (Å²) in [6, 6.07) is 11.7. The van der Waals surface area contributed by atoms with Gasteiger partial charge in [0, 0.05) is 17.6 Å². The zero-order valence-electron chi connectivity index (χ0n) is 10.5. The number of rotatable bonds is 3. The number of hydrogen-bond acceptors (Lipinski definition) is 2. The van der Waals surface area contributed by atoms with Crippen LogP contribution in [0.2, 0.25) is 5.02 Å². The van der Waals surface area contributed by atoms with Gasteiger partial charge in [0.05, 0.1) is 13.3 Å². The fourth-order valence-corrected chi connectivity index (χ4v) is 2.40. The molecule has 0 amide bonds. The van der Waals surface area contributed by atoms with Crippen LogP contribution in [0.25, 0.3) is 5.52 Å². The summed E-state index contributed by atoms with van der Waals surface area (Å²) >= 11 is 6.00. The topological polar surface area (TPSA) is 26.5 Å². The Hall–Kier alpha value is -2.00. The van der Waals surface area contributed by atoms with Gasteiger partial charge in [-0.05, 0) is 29.8 Å². The van der Waals surface area contributed by atoms with Crippen molar-refractivity contribution in [2.45, 2.75) is 6.42 Å². The molecular formula is C15H13ClN2O. The van der Waals surface area contributed by atoms with Gasteiger partial charge in [0.2, 0.25) is 0 Å². The molecule has 2 aromatic heterocycles. The highest BCUT2D eigenvalue weighted by Crippen LogP contribution is 2.21. The van der Waals surface area contributed by atoms with Crippen LogP contribution in [-0.4, -0.2) is 16.5 Å². The van der Waals surface area contributed by atoms with Crippen LogP contribution in [-0.2, 0) is 6.42 Å². The van der Waals surface area contributed by atoms with Gasteiger partial charge in [-0.2, -0.15) is 0 Å². The predicted octanol–water partition coefficient (Wildman–Crippen LogP) is 3.59. The van der Waals surface area contributed by atoms with Gasteiger partial charge in [0.15, 0.2) is 0 Å². The lowest BCUT2D eigenvalue weighted by Gasteiger charge is -2.05. The Labute approximate surface area is 116 Å². The van der Waals surface area contributed by atoms with E-state index in [1.807, 2.05) is 53.2 Å². The molecule has 0 spiro atoms. The molecule has 0 bridgehead atoms. The minimum Gasteiger partial charge on any atom is -0.494 e. The van der Waals surface area contributed by atoms with E-state index < -0.39 is 0 Å². The Kier molecular flexibility index (Phi) is 3.13. The number of halogens is 1. The Morgan fingerprint density at radius 1 is 1.26 bits per heavy atom. The first kappa shape index (κ1) is 12.1. The lowest BCUT2D eigenvalue weighted by molar-refractivity contribution is 0.418. The minimum atomic E-state index is 0.738. The smallest absolute Gasteiger partial charge is 0.144 e. The van der Waals surface area contributed by atoms with E-state index in [0.29, 0.717) is 0 Å². The molecule has 0 unspecified atom stereocenters. The van der Waals surface area contributed by atoms with Crippen LogP contribution in [0.4, 0.5) is 0 Å². The molecule has 19 heavy (non-hydrogen) atoms. The summed E-state index contributed by atoms with van der Waals surface area (Å²) in [6.45, 7) is 0. The number of hydrogen-bond donors (Lipinski definition) is 0. The first-order valence-corrected chi connectivity index (χ1v) is 6.39. The minimum absolute atomic E-state index is 0.738. The molecule has 4 heteroatoms. The van der Waals surface area contributed by atoms with Crippen LogP contribution < -0.4 is 4.74 Å². The van der Waals surface area contributed by atoms with E-state index in [9.17, 15) is 0 Å². The number of nitrogens with zero attached hydrogens (tertiary/aromatic N) is 2. The summed E-state index contributed by atoms with van der Waals surface area (Å²) in [5, 5.41) is 0.746. The van der Waals surface area contributed by atoms with Crippen LogP contribution in [0.3, 0.4) is 0 Å². The molecule has 0 fully saturated rings. The second-order valence-electron chi connectivity index (χ2n) is 4.31. The molecular weight excluding hydrogens is 260 g/mol. The fourth-order valence-electron chi connectivity index (χ4n) is 2.18. The van der Waals surface area contributed by atoms with Crippen LogP contribution in [0.1, 0.15) is 11.4 Å². The second kappa shape index (κ2) is 4.94. The van der Waals surface area contributed by atoms with Crippen LogP contribution in [0.5, 0.6) is 5.75 Å².